The summed E-state index contributed by atoms with van der Waals surface area (Å²) in [6.45, 7) is 1.96. The van der Waals surface area contributed by atoms with Crippen LogP contribution in [0.1, 0.15) is 27.8 Å². The number of fused-ring (bicyclic) bond motifs is 1. The molecule has 3 aromatic carbocycles. The molecular weight excluding hydrogens is 510 g/mol. The number of hydrogen-bond acceptors (Lipinski definition) is 8. The maximum atomic E-state index is 13.4. The van der Waals surface area contributed by atoms with Crippen molar-refractivity contribution in [1.82, 2.24) is 5.32 Å². The van der Waals surface area contributed by atoms with Crippen LogP contribution in [0, 0.1) is 6.92 Å². The monoisotopic (exact) mass is 539 g/mol. The molecule has 1 N–H and O–H groups in total. The van der Waals surface area contributed by atoms with Crippen LogP contribution < -0.4 is 5.32 Å². The second kappa shape index (κ2) is 11.3. The number of amides is 1. The Bertz CT molecular complexity index is 1330. The summed E-state index contributed by atoms with van der Waals surface area (Å²) in [6.07, 6.45) is -4.60. The van der Waals surface area contributed by atoms with Gasteiger partial charge in [-0.25, -0.2) is 0 Å². The zero-order valence-corrected chi connectivity index (χ0v) is 21.7. The Morgan fingerprint density at radius 2 is 1.58 bits per heavy atom. The van der Waals surface area contributed by atoms with E-state index in [4.69, 9.17) is 23.1 Å². The molecule has 0 spiro atoms. The third-order valence-electron chi connectivity index (χ3n) is 6.52. The summed E-state index contributed by atoms with van der Waals surface area (Å²) in [5.41, 5.74) is 2.05. The maximum absolute atomic E-state index is 13.4. The largest absolute Gasteiger partial charge is 0.354 e. The van der Waals surface area contributed by atoms with E-state index in [0.717, 1.165) is 11.1 Å². The number of rotatable bonds is 7. The molecular formula is C28H29NO8S. The number of methoxy groups -OCH3 is 1. The number of carbonyl (C=O) groups is 1. The lowest BCUT2D eigenvalue weighted by molar-refractivity contribution is -0.337. The van der Waals surface area contributed by atoms with Crippen molar-refractivity contribution in [3.8, 4) is 0 Å². The lowest BCUT2D eigenvalue weighted by Crippen LogP contribution is -2.67. The van der Waals surface area contributed by atoms with Crippen molar-refractivity contribution >= 4 is 16.0 Å². The van der Waals surface area contributed by atoms with Gasteiger partial charge in [0.25, 0.3) is 16.0 Å². The minimum Gasteiger partial charge on any atom is -0.354 e. The van der Waals surface area contributed by atoms with Crippen LogP contribution in [-0.4, -0.2) is 58.7 Å². The summed E-state index contributed by atoms with van der Waals surface area (Å²) >= 11 is 0. The average molecular weight is 540 g/mol. The van der Waals surface area contributed by atoms with Gasteiger partial charge in [0.1, 0.15) is 24.4 Å². The van der Waals surface area contributed by atoms with Crippen molar-refractivity contribution in [3.05, 3.63) is 102 Å². The summed E-state index contributed by atoms with van der Waals surface area (Å²) < 4.78 is 56.5. The highest BCUT2D eigenvalue weighted by molar-refractivity contribution is 7.86. The summed E-state index contributed by atoms with van der Waals surface area (Å²) in [5, 5.41) is 2.86. The van der Waals surface area contributed by atoms with Crippen molar-refractivity contribution in [2.24, 2.45) is 0 Å². The molecule has 38 heavy (non-hydrogen) atoms. The van der Waals surface area contributed by atoms with Gasteiger partial charge in [-0.1, -0.05) is 66.2 Å². The normalized spacial score (nSPS) is 27.3. The van der Waals surface area contributed by atoms with Gasteiger partial charge in [-0.2, -0.15) is 8.42 Å². The summed E-state index contributed by atoms with van der Waals surface area (Å²) in [7, 11) is -2.85. The number of benzene rings is 3. The van der Waals surface area contributed by atoms with E-state index in [-0.39, 0.29) is 11.5 Å². The van der Waals surface area contributed by atoms with Gasteiger partial charge >= 0.3 is 0 Å². The van der Waals surface area contributed by atoms with Crippen molar-refractivity contribution in [3.63, 3.8) is 0 Å². The van der Waals surface area contributed by atoms with E-state index in [1.54, 1.807) is 42.5 Å². The highest BCUT2D eigenvalue weighted by Crippen LogP contribution is 2.37. The second-order valence-electron chi connectivity index (χ2n) is 9.15. The molecule has 2 aliphatic heterocycles. The van der Waals surface area contributed by atoms with E-state index in [1.807, 2.05) is 37.3 Å². The van der Waals surface area contributed by atoms with Crippen molar-refractivity contribution in [1.29, 1.82) is 0 Å². The van der Waals surface area contributed by atoms with Crippen molar-refractivity contribution < 1.29 is 36.3 Å². The molecule has 0 aliphatic carbocycles. The molecule has 0 aromatic heterocycles. The first-order chi connectivity index (χ1) is 18.4. The molecule has 9 nitrogen and oxygen atoms in total. The lowest BCUT2D eigenvalue weighted by atomic mass is 9.95. The Labute approximate surface area is 221 Å². The van der Waals surface area contributed by atoms with E-state index in [1.165, 1.54) is 19.2 Å². The zero-order valence-electron chi connectivity index (χ0n) is 20.9. The van der Waals surface area contributed by atoms with E-state index < -0.39 is 53.0 Å². The van der Waals surface area contributed by atoms with Gasteiger partial charge in [0, 0.05) is 18.2 Å². The fraction of sp³-hybridized carbons (Fsp3) is 0.321. The number of aryl methyl sites for hydroxylation is 1. The van der Waals surface area contributed by atoms with Gasteiger partial charge < -0.3 is 24.3 Å². The molecule has 3 aromatic rings. The van der Waals surface area contributed by atoms with Gasteiger partial charge in [-0.3, -0.25) is 8.98 Å². The van der Waals surface area contributed by atoms with Crippen LogP contribution in [-0.2, 0) is 33.2 Å². The van der Waals surface area contributed by atoms with Crippen LogP contribution in [0.3, 0.4) is 0 Å². The quantitative estimate of drug-likeness (QED) is 0.456. The molecule has 0 saturated carbocycles. The van der Waals surface area contributed by atoms with E-state index in [9.17, 15) is 13.2 Å². The van der Waals surface area contributed by atoms with Crippen LogP contribution in [0.4, 0.5) is 0 Å². The SMILES string of the molecule is COC1OC2COC(c3ccccc3)O[C@@H]2[C@H](OS(=O)(=O)c2ccc(C)cc2)C1NC(=O)c1ccccc1. The summed E-state index contributed by atoms with van der Waals surface area (Å²) in [4.78, 5) is 13.1. The Kier molecular flexibility index (Phi) is 7.89. The number of ether oxygens (including phenoxy) is 4. The van der Waals surface area contributed by atoms with Gasteiger partial charge in [-0.05, 0) is 31.2 Å². The smallest absolute Gasteiger partial charge is 0.297 e. The highest BCUT2D eigenvalue weighted by atomic mass is 32.2. The summed E-state index contributed by atoms with van der Waals surface area (Å²) in [6, 6.07) is 23.1. The topological polar surface area (TPSA) is 109 Å². The molecule has 2 heterocycles. The van der Waals surface area contributed by atoms with Crippen LogP contribution in [0.15, 0.2) is 89.8 Å². The molecule has 0 radical (unpaired) electrons. The zero-order chi connectivity index (χ0) is 26.7. The predicted octanol–water partition coefficient (Wildman–Crippen LogP) is 3.35. The summed E-state index contributed by atoms with van der Waals surface area (Å²) in [5.74, 6) is -0.437. The van der Waals surface area contributed by atoms with E-state index in [2.05, 4.69) is 5.32 Å². The fourth-order valence-corrected chi connectivity index (χ4v) is 5.65. The molecule has 2 saturated heterocycles. The minimum atomic E-state index is -4.26. The van der Waals surface area contributed by atoms with Gasteiger partial charge in [0.2, 0.25) is 0 Å². The molecule has 6 atom stereocenters. The molecule has 5 rings (SSSR count). The van der Waals surface area contributed by atoms with Gasteiger partial charge in [-0.15, -0.1) is 0 Å². The third kappa shape index (κ3) is 5.65. The van der Waals surface area contributed by atoms with Crippen LogP contribution in [0.5, 0.6) is 0 Å². The number of nitrogens with one attached hydrogen (secondary N) is 1. The molecule has 2 aliphatic rings. The second-order valence-corrected chi connectivity index (χ2v) is 10.7. The van der Waals surface area contributed by atoms with Crippen molar-refractivity contribution in [2.45, 2.75) is 48.8 Å². The Hall–Kier alpha value is -3.12. The lowest BCUT2D eigenvalue weighted by Gasteiger charge is -2.48. The van der Waals surface area contributed by atoms with Gasteiger partial charge in [0.05, 0.1) is 11.5 Å². The van der Waals surface area contributed by atoms with Crippen LogP contribution in [0.2, 0.25) is 0 Å². The molecule has 4 unspecified atom stereocenters. The van der Waals surface area contributed by atoms with Crippen molar-refractivity contribution in [2.75, 3.05) is 13.7 Å². The number of hydrogen-bond donors (Lipinski definition) is 1. The molecule has 0 bridgehead atoms. The molecule has 200 valence electrons. The molecule has 1 amide bonds. The maximum Gasteiger partial charge on any atom is 0.297 e. The minimum absolute atomic E-state index is 0.0140. The standard InChI is InChI=1S/C28H29NO8S/c1-18-13-15-21(16-14-18)38(31,32)37-25-23(29-26(30)19-9-5-3-6-10-19)28(33-2)35-22-17-34-27(36-24(22)25)20-11-7-4-8-12-20/h3-16,22-25,27-28H,17H2,1-2H3,(H,29,30)/t22?,23?,24-,25+,27?,28?/m0/s1. The first-order valence-corrected chi connectivity index (χ1v) is 13.6. The highest BCUT2D eigenvalue weighted by Gasteiger charge is 2.53. The van der Waals surface area contributed by atoms with Gasteiger partial charge in [0.15, 0.2) is 12.6 Å². The van der Waals surface area contributed by atoms with Crippen LogP contribution >= 0.6 is 0 Å². The third-order valence-corrected chi connectivity index (χ3v) is 7.85. The molecule has 2 fully saturated rings. The Morgan fingerprint density at radius 3 is 2.24 bits per heavy atom. The van der Waals surface area contributed by atoms with E-state index >= 15 is 0 Å². The first kappa shape index (κ1) is 26.5. The van der Waals surface area contributed by atoms with Crippen LogP contribution in [0.25, 0.3) is 0 Å². The fourth-order valence-electron chi connectivity index (χ4n) is 4.55. The number of carbonyl (C=O) groups excluding carboxylic acids is 1. The first-order valence-electron chi connectivity index (χ1n) is 12.2. The Balaban J connectivity index is 1.50. The average Bonchev–Trinajstić information content (AvgIpc) is 2.95. The van der Waals surface area contributed by atoms with E-state index in [0.29, 0.717) is 5.56 Å². The Morgan fingerprint density at radius 1 is 0.921 bits per heavy atom. The predicted molar refractivity (Wildman–Crippen MR) is 137 cm³/mol. The molecule has 10 heteroatoms.